The van der Waals surface area contributed by atoms with Crippen molar-refractivity contribution in [2.75, 3.05) is 11.1 Å². The molecular weight excluding hydrogens is 546 g/mol. The number of thiazole rings is 2. The summed E-state index contributed by atoms with van der Waals surface area (Å²) >= 11 is 2.95. The van der Waals surface area contributed by atoms with Gasteiger partial charge in [0.1, 0.15) is 17.2 Å². The van der Waals surface area contributed by atoms with Gasteiger partial charge >= 0.3 is 0 Å². The number of nitrogens with one attached hydrogen (secondary N) is 1. The van der Waals surface area contributed by atoms with Crippen molar-refractivity contribution in [2.24, 2.45) is 0 Å². The smallest absolute Gasteiger partial charge is 0.263 e. The Kier molecular flexibility index (Phi) is 7.40. The van der Waals surface area contributed by atoms with E-state index < -0.39 is 23.1 Å². The lowest BCUT2D eigenvalue weighted by Crippen LogP contribution is -2.15. The molecule has 0 spiro atoms. The third kappa shape index (κ3) is 5.26. The summed E-state index contributed by atoms with van der Waals surface area (Å²) in [7, 11) is 0. The number of carbonyl (C=O) groups excluding carboxylic acids is 1. The number of hydrogen-bond acceptors (Lipinski definition) is 6. The maximum atomic E-state index is 13.8. The van der Waals surface area contributed by atoms with Crippen molar-refractivity contribution in [3.8, 4) is 20.9 Å². The minimum atomic E-state index is -0.888. The first kappa shape index (κ1) is 26.3. The number of aryl methyl sites for hydroxylation is 4. The molecular formula is C31H26F2N4OS2. The van der Waals surface area contributed by atoms with E-state index in [2.05, 4.69) is 45.6 Å². The van der Waals surface area contributed by atoms with Crippen LogP contribution in [0.4, 0.5) is 19.0 Å². The number of nitrogens with zero attached hydrogens (tertiary/aromatic N) is 2. The summed E-state index contributed by atoms with van der Waals surface area (Å²) in [5.74, 6) is -2.60. The lowest BCUT2D eigenvalue weighted by Gasteiger charge is -2.05. The molecule has 0 saturated carbocycles. The predicted molar refractivity (Wildman–Crippen MR) is 158 cm³/mol. The van der Waals surface area contributed by atoms with Crippen molar-refractivity contribution in [1.82, 2.24) is 9.97 Å². The van der Waals surface area contributed by atoms with E-state index in [9.17, 15) is 13.6 Å². The molecule has 9 heteroatoms. The van der Waals surface area contributed by atoms with Gasteiger partial charge in [-0.1, -0.05) is 77.3 Å². The largest absolute Gasteiger partial charge is 0.375 e. The molecule has 3 aromatic carbocycles. The summed E-state index contributed by atoms with van der Waals surface area (Å²) in [6, 6.07) is 20.0. The molecule has 202 valence electrons. The molecule has 1 amide bonds. The minimum absolute atomic E-state index is 0.356. The molecule has 3 N–H and O–H groups in total. The summed E-state index contributed by atoms with van der Waals surface area (Å²) in [4.78, 5) is 23.4. The molecule has 0 bridgehead atoms. The van der Waals surface area contributed by atoms with Crippen LogP contribution in [0.3, 0.4) is 0 Å². The van der Waals surface area contributed by atoms with Gasteiger partial charge < -0.3 is 5.73 Å². The Hall–Kier alpha value is -3.95. The van der Waals surface area contributed by atoms with E-state index in [1.54, 1.807) is 11.3 Å². The average molecular weight is 573 g/mol. The molecule has 7 rings (SSSR count). The highest BCUT2D eigenvalue weighted by Gasteiger charge is 2.22. The van der Waals surface area contributed by atoms with Crippen molar-refractivity contribution < 1.29 is 13.6 Å². The number of aromatic nitrogens is 2. The zero-order chi connectivity index (χ0) is 27.6. The normalized spacial score (nSPS) is 13.3. The van der Waals surface area contributed by atoms with E-state index >= 15 is 0 Å². The summed E-state index contributed by atoms with van der Waals surface area (Å²) in [5.41, 5.74) is 12.4. The zero-order valence-electron chi connectivity index (χ0n) is 21.5. The Bertz CT molecular complexity index is 1690. The van der Waals surface area contributed by atoms with Crippen LogP contribution in [-0.4, -0.2) is 15.9 Å². The van der Waals surface area contributed by atoms with E-state index in [1.165, 1.54) is 51.1 Å². The van der Waals surface area contributed by atoms with Gasteiger partial charge in [0, 0.05) is 0 Å². The van der Waals surface area contributed by atoms with Gasteiger partial charge in [0.15, 0.2) is 10.3 Å². The highest BCUT2D eigenvalue weighted by atomic mass is 32.1. The average Bonchev–Trinajstić information content (AvgIpc) is 3.41. The molecule has 0 saturated heterocycles. The number of fused-ring (bicyclic) bond motifs is 6. The summed E-state index contributed by atoms with van der Waals surface area (Å²) in [5, 5.41) is 3.58. The lowest BCUT2D eigenvalue weighted by atomic mass is 10.0. The van der Waals surface area contributed by atoms with Crippen molar-refractivity contribution in [3.63, 3.8) is 0 Å². The van der Waals surface area contributed by atoms with E-state index in [1.807, 2.05) is 18.2 Å². The fourth-order valence-electron chi connectivity index (χ4n) is 5.22. The van der Waals surface area contributed by atoms with Gasteiger partial charge in [-0.25, -0.2) is 18.7 Å². The molecule has 0 aliphatic heterocycles. The molecule has 5 nitrogen and oxygen atoms in total. The molecule has 0 unspecified atom stereocenters. The van der Waals surface area contributed by atoms with Crippen LogP contribution in [0, 0.1) is 11.6 Å². The number of anilines is 2. The maximum Gasteiger partial charge on any atom is 0.263 e. The lowest BCUT2D eigenvalue weighted by molar-refractivity contribution is 0.101. The van der Waals surface area contributed by atoms with Crippen LogP contribution in [0.2, 0.25) is 0 Å². The van der Waals surface area contributed by atoms with Gasteiger partial charge in [0.2, 0.25) is 0 Å². The van der Waals surface area contributed by atoms with Crippen molar-refractivity contribution in [3.05, 3.63) is 106 Å². The molecule has 2 heterocycles. The Morgan fingerprint density at radius 3 is 1.90 bits per heavy atom. The first-order valence-corrected chi connectivity index (χ1v) is 14.8. The minimum Gasteiger partial charge on any atom is -0.375 e. The Morgan fingerprint density at radius 1 is 0.725 bits per heavy atom. The van der Waals surface area contributed by atoms with Crippen LogP contribution in [0.1, 0.15) is 45.7 Å². The molecule has 2 aliphatic carbocycles. The van der Waals surface area contributed by atoms with E-state index in [4.69, 9.17) is 5.73 Å². The quantitative estimate of drug-likeness (QED) is 0.227. The van der Waals surface area contributed by atoms with Gasteiger partial charge in [0.05, 0.1) is 21.1 Å². The van der Waals surface area contributed by atoms with Crippen LogP contribution in [-0.2, 0) is 25.7 Å². The standard InChI is InChI=1S/C19H14F2N2OS.C12H12N2S/c20-13-8-4-9-14(21)16(13)18(24)23-19-22-15-10-3-6-11-5-1-2-7-12(11)17(15)25-19;13-12-14-10-7-3-5-8-4-1-2-6-9(8)11(10)15-12/h1-2,4-5,7-9H,3,6,10H2,(H,22,23,24);1-2,4,6H,3,5,7H2,(H2,13,14). The number of hydrogen-bond donors (Lipinski definition) is 2. The second-order valence-corrected chi connectivity index (χ2v) is 11.7. The molecule has 0 atom stereocenters. The molecule has 0 fully saturated rings. The number of amides is 1. The second-order valence-electron chi connectivity index (χ2n) is 9.69. The SMILES string of the molecule is Nc1nc2c(s1)-c1ccccc1CCC2.O=C(Nc1nc2c(s1)-c1ccccc1CCC2)c1c(F)cccc1F. The molecule has 40 heavy (non-hydrogen) atoms. The third-order valence-corrected chi connectivity index (χ3v) is 9.07. The topological polar surface area (TPSA) is 80.9 Å². The van der Waals surface area contributed by atoms with Crippen LogP contribution < -0.4 is 11.1 Å². The van der Waals surface area contributed by atoms with Gasteiger partial charge in [-0.3, -0.25) is 10.1 Å². The first-order valence-electron chi connectivity index (χ1n) is 13.1. The maximum absolute atomic E-state index is 13.8. The Labute approximate surface area is 238 Å². The number of benzene rings is 3. The summed E-state index contributed by atoms with van der Waals surface area (Å²) in [6.45, 7) is 0. The highest BCUT2D eigenvalue weighted by molar-refractivity contribution is 7.19. The third-order valence-electron chi connectivity index (χ3n) is 7.06. The number of rotatable bonds is 2. The van der Waals surface area contributed by atoms with Crippen LogP contribution in [0.25, 0.3) is 20.9 Å². The Morgan fingerprint density at radius 2 is 1.27 bits per heavy atom. The molecule has 5 aromatic rings. The Balaban J connectivity index is 0.000000164. The van der Waals surface area contributed by atoms with Crippen LogP contribution >= 0.6 is 22.7 Å². The first-order chi connectivity index (χ1) is 19.5. The van der Waals surface area contributed by atoms with E-state index in [0.29, 0.717) is 10.3 Å². The van der Waals surface area contributed by atoms with Crippen LogP contribution in [0.15, 0.2) is 66.7 Å². The van der Waals surface area contributed by atoms with Gasteiger partial charge in [-0.15, -0.1) is 0 Å². The van der Waals surface area contributed by atoms with Gasteiger partial charge in [0.25, 0.3) is 5.91 Å². The predicted octanol–water partition coefficient (Wildman–Crippen LogP) is 7.71. The van der Waals surface area contributed by atoms with Gasteiger partial charge in [-0.05, 0) is 72.9 Å². The fourth-order valence-corrected chi connectivity index (χ4v) is 7.23. The van der Waals surface area contributed by atoms with Crippen LogP contribution in [0.5, 0.6) is 0 Å². The van der Waals surface area contributed by atoms with Crippen molar-refractivity contribution in [2.45, 2.75) is 38.5 Å². The summed E-state index contributed by atoms with van der Waals surface area (Å²) in [6.07, 6.45) is 6.15. The molecule has 2 aliphatic rings. The fraction of sp³-hybridized carbons (Fsp3) is 0.194. The highest BCUT2D eigenvalue weighted by Crippen LogP contribution is 2.39. The van der Waals surface area contributed by atoms with E-state index in [-0.39, 0.29) is 0 Å². The molecule has 0 radical (unpaired) electrons. The van der Waals surface area contributed by atoms with Crippen molar-refractivity contribution in [1.29, 1.82) is 0 Å². The molecule has 2 aromatic heterocycles. The number of carbonyl (C=O) groups is 1. The van der Waals surface area contributed by atoms with E-state index in [0.717, 1.165) is 60.4 Å². The number of halogens is 2. The second kappa shape index (κ2) is 11.3. The summed E-state index contributed by atoms with van der Waals surface area (Å²) < 4.78 is 27.5. The monoisotopic (exact) mass is 572 g/mol. The number of nitrogen functional groups attached to an aromatic ring is 1. The number of nitrogens with two attached hydrogens (primary N) is 1. The van der Waals surface area contributed by atoms with Crippen molar-refractivity contribution >= 4 is 38.8 Å². The zero-order valence-corrected chi connectivity index (χ0v) is 23.2. The van der Waals surface area contributed by atoms with Gasteiger partial charge in [-0.2, -0.15) is 0 Å².